The fraction of sp³-hybridized carbons (Fsp3) is 0.263. The molecule has 0 saturated carbocycles. The summed E-state index contributed by atoms with van der Waals surface area (Å²) >= 11 is 1.48. The number of carbonyl (C=O) groups excluding carboxylic acids is 2. The van der Waals surface area contributed by atoms with Gasteiger partial charge < -0.3 is 15.0 Å². The highest BCUT2D eigenvalue weighted by atomic mass is 32.2. The molecule has 2 aromatic rings. The van der Waals surface area contributed by atoms with Gasteiger partial charge in [0.05, 0.1) is 18.9 Å². The molecule has 0 aliphatic heterocycles. The molecule has 0 aliphatic rings. The van der Waals surface area contributed by atoms with Crippen LogP contribution in [0.1, 0.15) is 6.92 Å². The van der Waals surface area contributed by atoms with Crippen molar-refractivity contribution in [3.05, 3.63) is 54.6 Å². The van der Waals surface area contributed by atoms with Gasteiger partial charge in [-0.25, -0.2) is 0 Å². The fourth-order valence-corrected chi connectivity index (χ4v) is 3.26. The number of benzene rings is 2. The zero-order valence-corrected chi connectivity index (χ0v) is 15.4. The van der Waals surface area contributed by atoms with E-state index in [1.54, 1.807) is 38.4 Å². The molecule has 0 radical (unpaired) electrons. The molecular weight excluding hydrogens is 336 g/mol. The van der Waals surface area contributed by atoms with E-state index in [0.717, 1.165) is 4.90 Å². The van der Waals surface area contributed by atoms with Crippen LogP contribution in [0.5, 0.6) is 5.75 Å². The Balaban J connectivity index is 1.87. The van der Waals surface area contributed by atoms with Crippen LogP contribution in [-0.4, -0.2) is 42.7 Å². The van der Waals surface area contributed by atoms with Gasteiger partial charge in [-0.3, -0.25) is 9.59 Å². The lowest BCUT2D eigenvalue weighted by molar-refractivity contribution is -0.132. The Morgan fingerprint density at radius 1 is 1.16 bits per heavy atom. The normalized spacial score (nSPS) is 11.5. The molecule has 0 aromatic heterocycles. The first-order chi connectivity index (χ1) is 12.0. The molecule has 2 rings (SSSR count). The van der Waals surface area contributed by atoms with Crippen molar-refractivity contribution in [2.24, 2.45) is 0 Å². The third-order valence-electron chi connectivity index (χ3n) is 3.51. The first-order valence-corrected chi connectivity index (χ1v) is 8.78. The van der Waals surface area contributed by atoms with Gasteiger partial charge in [-0.1, -0.05) is 24.3 Å². The number of methoxy groups -OCH3 is 1. The summed E-state index contributed by atoms with van der Waals surface area (Å²) in [6.07, 6.45) is 0. The smallest absolute Gasteiger partial charge is 0.243 e. The number of rotatable bonds is 7. The van der Waals surface area contributed by atoms with Gasteiger partial charge in [0.1, 0.15) is 5.75 Å². The lowest BCUT2D eigenvalue weighted by atomic mass is 10.3. The molecule has 0 saturated heterocycles. The first kappa shape index (κ1) is 18.9. The van der Waals surface area contributed by atoms with Crippen molar-refractivity contribution in [2.75, 3.05) is 26.0 Å². The molecule has 1 atom stereocenters. The van der Waals surface area contributed by atoms with E-state index in [1.165, 1.54) is 16.7 Å². The van der Waals surface area contributed by atoms with Gasteiger partial charge in [-0.2, -0.15) is 0 Å². The SMILES string of the molecule is COc1cccc(NC(=O)CN(C)C(=O)[C@H](C)Sc2ccccc2)c1. The fourth-order valence-electron chi connectivity index (χ4n) is 2.26. The highest BCUT2D eigenvalue weighted by molar-refractivity contribution is 8.00. The number of hydrogen-bond acceptors (Lipinski definition) is 4. The quantitative estimate of drug-likeness (QED) is 0.772. The van der Waals surface area contributed by atoms with Crippen LogP contribution in [0, 0.1) is 0 Å². The summed E-state index contributed by atoms with van der Waals surface area (Å²) < 4.78 is 5.13. The highest BCUT2D eigenvalue weighted by Crippen LogP contribution is 2.23. The molecule has 5 nitrogen and oxygen atoms in total. The summed E-state index contributed by atoms with van der Waals surface area (Å²) in [7, 11) is 3.20. The number of nitrogens with one attached hydrogen (secondary N) is 1. The maximum absolute atomic E-state index is 12.4. The Labute approximate surface area is 152 Å². The van der Waals surface area contributed by atoms with E-state index in [1.807, 2.05) is 37.3 Å². The number of amides is 2. The van der Waals surface area contributed by atoms with Crippen molar-refractivity contribution in [1.29, 1.82) is 0 Å². The third-order valence-corrected chi connectivity index (χ3v) is 4.61. The minimum atomic E-state index is -0.267. The Morgan fingerprint density at radius 3 is 2.56 bits per heavy atom. The molecule has 6 heteroatoms. The molecule has 0 aliphatic carbocycles. The summed E-state index contributed by atoms with van der Waals surface area (Å²) in [5.74, 6) is 0.325. The average molecular weight is 358 g/mol. The van der Waals surface area contributed by atoms with Crippen LogP contribution in [0.25, 0.3) is 0 Å². The van der Waals surface area contributed by atoms with Crippen LogP contribution < -0.4 is 10.1 Å². The van der Waals surface area contributed by atoms with E-state index in [2.05, 4.69) is 5.32 Å². The molecule has 0 unspecified atom stereocenters. The summed E-state index contributed by atoms with van der Waals surface area (Å²) in [6, 6.07) is 16.8. The second kappa shape index (κ2) is 9.13. The van der Waals surface area contributed by atoms with Crippen LogP contribution in [0.3, 0.4) is 0 Å². The van der Waals surface area contributed by atoms with Crippen LogP contribution in [0.4, 0.5) is 5.69 Å². The molecule has 1 N–H and O–H groups in total. The van der Waals surface area contributed by atoms with E-state index in [9.17, 15) is 9.59 Å². The van der Waals surface area contributed by atoms with Gasteiger partial charge in [0.2, 0.25) is 11.8 Å². The topological polar surface area (TPSA) is 58.6 Å². The summed E-state index contributed by atoms with van der Waals surface area (Å²) in [5, 5.41) is 2.50. The number of hydrogen-bond donors (Lipinski definition) is 1. The van der Waals surface area contributed by atoms with Crippen molar-refractivity contribution in [2.45, 2.75) is 17.1 Å². The zero-order valence-electron chi connectivity index (χ0n) is 14.6. The van der Waals surface area contributed by atoms with Gasteiger partial charge in [0.15, 0.2) is 0 Å². The molecule has 0 fully saturated rings. The largest absolute Gasteiger partial charge is 0.497 e. The minimum Gasteiger partial charge on any atom is -0.497 e. The predicted octanol–water partition coefficient (Wildman–Crippen LogP) is 3.27. The number of carbonyl (C=O) groups is 2. The van der Waals surface area contributed by atoms with Gasteiger partial charge in [0.25, 0.3) is 0 Å². The molecular formula is C19H22N2O3S. The second-order valence-corrected chi connectivity index (χ2v) is 6.96. The van der Waals surface area contributed by atoms with Gasteiger partial charge >= 0.3 is 0 Å². The third kappa shape index (κ3) is 5.83. The molecule has 0 bridgehead atoms. The Hall–Kier alpha value is -2.47. The highest BCUT2D eigenvalue weighted by Gasteiger charge is 2.20. The van der Waals surface area contributed by atoms with Crippen molar-refractivity contribution in [3.8, 4) is 5.75 Å². The van der Waals surface area contributed by atoms with Crippen LogP contribution in [0.2, 0.25) is 0 Å². The Kier molecular flexibility index (Phi) is 6.89. The maximum atomic E-state index is 12.4. The van der Waals surface area contributed by atoms with E-state index in [0.29, 0.717) is 11.4 Å². The number of likely N-dealkylation sites (N-methyl/N-ethyl adjacent to an activating group) is 1. The second-order valence-electron chi connectivity index (χ2n) is 5.55. The number of ether oxygens (including phenoxy) is 1. The van der Waals surface area contributed by atoms with Crippen molar-refractivity contribution in [1.82, 2.24) is 4.90 Å². The molecule has 25 heavy (non-hydrogen) atoms. The van der Waals surface area contributed by atoms with Crippen molar-refractivity contribution < 1.29 is 14.3 Å². The first-order valence-electron chi connectivity index (χ1n) is 7.90. The summed E-state index contributed by atoms with van der Waals surface area (Å²) in [4.78, 5) is 27.1. The van der Waals surface area contributed by atoms with Crippen molar-refractivity contribution >= 4 is 29.3 Å². The molecule has 2 aromatic carbocycles. The molecule has 132 valence electrons. The van der Waals surface area contributed by atoms with E-state index < -0.39 is 0 Å². The minimum absolute atomic E-state index is 0.00423. The van der Waals surface area contributed by atoms with Gasteiger partial charge in [-0.05, 0) is 31.2 Å². The number of thioether (sulfide) groups is 1. The predicted molar refractivity (Wildman–Crippen MR) is 101 cm³/mol. The average Bonchev–Trinajstić information content (AvgIpc) is 2.61. The van der Waals surface area contributed by atoms with E-state index in [-0.39, 0.29) is 23.6 Å². The molecule has 2 amide bonds. The van der Waals surface area contributed by atoms with E-state index >= 15 is 0 Å². The summed E-state index contributed by atoms with van der Waals surface area (Å²) in [6.45, 7) is 1.84. The molecule has 0 heterocycles. The van der Waals surface area contributed by atoms with Crippen LogP contribution >= 0.6 is 11.8 Å². The van der Waals surface area contributed by atoms with E-state index in [4.69, 9.17) is 4.74 Å². The maximum Gasteiger partial charge on any atom is 0.243 e. The molecule has 0 spiro atoms. The standard InChI is InChI=1S/C19H22N2O3S/c1-14(25-17-10-5-4-6-11-17)19(23)21(2)13-18(22)20-15-8-7-9-16(12-15)24-3/h4-12,14H,13H2,1-3H3,(H,20,22)/t14-/m0/s1. The lowest BCUT2D eigenvalue weighted by Gasteiger charge is -2.20. The number of nitrogens with zero attached hydrogens (tertiary/aromatic N) is 1. The lowest BCUT2D eigenvalue weighted by Crippen LogP contribution is -2.38. The summed E-state index contributed by atoms with van der Waals surface area (Å²) in [5.41, 5.74) is 0.636. The Bertz CT molecular complexity index is 722. The van der Waals surface area contributed by atoms with Gasteiger partial charge in [-0.15, -0.1) is 11.8 Å². The van der Waals surface area contributed by atoms with Crippen LogP contribution in [-0.2, 0) is 9.59 Å². The van der Waals surface area contributed by atoms with Gasteiger partial charge in [0, 0.05) is 23.7 Å². The zero-order chi connectivity index (χ0) is 18.2. The van der Waals surface area contributed by atoms with Crippen molar-refractivity contribution in [3.63, 3.8) is 0 Å². The van der Waals surface area contributed by atoms with Crippen LogP contribution in [0.15, 0.2) is 59.5 Å². The Morgan fingerprint density at radius 2 is 1.88 bits per heavy atom. The number of anilines is 1. The monoisotopic (exact) mass is 358 g/mol.